The summed E-state index contributed by atoms with van der Waals surface area (Å²) in [6.45, 7) is 0.881. The second-order valence-electron chi connectivity index (χ2n) is 2.15. The monoisotopic (exact) mass is 271 g/mol. The molecule has 0 fully saturated rings. The van der Waals surface area contributed by atoms with Crippen molar-refractivity contribution in [3.05, 3.63) is 0 Å². The van der Waals surface area contributed by atoms with Crippen molar-refractivity contribution < 1.29 is 9.22 Å². The van der Waals surface area contributed by atoms with E-state index in [4.69, 9.17) is 9.22 Å². The molecule has 0 rings (SSSR count). The Morgan fingerprint density at radius 3 is 1.82 bits per heavy atom. The molecule has 0 amide bonds. The van der Waals surface area contributed by atoms with Gasteiger partial charge in [0.15, 0.2) is 0 Å². The van der Waals surface area contributed by atoms with E-state index in [1.54, 1.807) is 21.3 Å². The average molecular weight is 270 g/mol. The fourth-order valence-corrected chi connectivity index (χ4v) is 5.60. The van der Waals surface area contributed by atoms with Crippen molar-refractivity contribution in [2.45, 2.75) is 4.44 Å². The normalized spacial score (nSPS) is 12.0. The standard InChI is InChI=1S/C3H8N.3CH3O.Sn/c1-3-4-2;3*1-2;/h4H,1,3H2,2H3;3*1H3;/q;3*-1;+3. The van der Waals surface area contributed by atoms with Crippen LogP contribution in [0.1, 0.15) is 0 Å². The summed E-state index contributed by atoms with van der Waals surface area (Å²) in [4.78, 5) is 0. The Bertz CT molecular complexity index is 89.6. The molecule has 0 saturated carbocycles. The summed E-state index contributed by atoms with van der Waals surface area (Å²) in [6.07, 6.45) is 0. The Labute approximate surface area is 73.7 Å². The van der Waals surface area contributed by atoms with Crippen LogP contribution in [-0.2, 0) is 9.22 Å². The summed E-state index contributed by atoms with van der Waals surface area (Å²) in [5.41, 5.74) is 0. The predicted octanol–water partition coefficient (Wildman–Crippen LogP) is 0.0839. The molecule has 0 aliphatic heterocycles. The van der Waals surface area contributed by atoms with Gasteiger partial charge in [0.1, 0.15) is 0 Å². The summed E-state index contributed by atoms with van der Waals surface area (Å²) >= 11 is -3.03. The van der Waals surface area contributed by atoms with Crippen molar-refractivity contribution in [3.63, 3.8) is 0 Å². The van der Waals surface area contributed by atoms with E-state index in [9.17, 15) is 0 Å². The Morgan fingerprint density at radius 2 is 1.55 bits per heavy atom. The van der Waals surface area contributed by atoms with Crippen molar-refractivity contribution in [1.82, 2.24) is 5.32 Å². The van der Waals surface area contributed by atoms with Crippen LogP contribution >= 0.6 is 0 Å². The van der Waals surface area contributed by atoms with Gasteiger partial charge in [0.25, 0.3) is 0 Å². The molecule has 4 nitrogen and oxygen atoms in total. The van der Waals surface area contributed by atoms with Gasteiger partial charge in [0.05, 0.1) is 0 Å². The first kappa shape index (κ1) is 11.6. The van der Waals surface area contributed by atoms with E-state index in [1.165, 1.54) is 0 Å². The first-order valence-corrected chi connectivity index (χ1v) is 9.06. The summed E-state index contributed by atoms with van der Waals surface area (Å²) in [5.74, 6) is 0. The molecule has 0 aliphatic carbocycles. The van der Waals surface area contributed by atoms with Crippen molar-refractivity contribution in [3.8, 4) is 0 Å². The molecular formula is C6H17NO3Sn. The summed E-state index contributed by atoms with van der Waals surface area (Å²) in [5, 5.41) is 3.04. The van der Waals surface area contributed by atoms with Crippen molar-refractivity contribution >= 4 is 19.6 Å². The third-order valence-electron chi connectivity index (χ3n) is 1.61. The van der Waals surface area contributed by atoms with Crippen molar-refractivity contribution in [2.24, 2.45) is 0 Å². The second kappa shape index (κ2) is 6.19. The van der Waals surface area contributed by atoms with Gasteiger partial charge in [-0.3, -0.25) is 0 Å². The Morgan fingerprint density at radius 1 is 1.09 bits per heavy atom. The van der Waals surface area contributed by atoms with E-state index in [0.717, 1.165) is 11.0 Å². The van der Waals surface area contributed by atoms with E-state index < -0.39 is 19.6 Å². The van der Waals surface area contributed by atoms with Crippen LogP contribution in [0.3, 0.4) is 0 Å². The minimum atomic E-state index is -3.03. The van der Waals surface area contributed by atoms with Crippen LogP contribution in [0.15, 0.2) is 0 Å². The molecule has 0 saturated heterocycles. The molecule has 1 N–H and O–H groups in total. The van der Waals surface area contributed by atoms with Crippen LogP contribution in [-0.4, -0.2) is 54.5 Å². The molecule has 0 unspecified atom stereocenters. The average Bonchev–Trinajstić information content (AvgIpc) is 2.08. The molecule has 0 atom stereocenters. The molecule has 11 heavy (non-hydrogen) atoms. The third-order valence-corrected chi connectivity index (χ3v) is 9.40. The fourth-order valence-electron chi connectivity index (χ4n) is 0.834. The molecule has 0 aromatic heterocycles. The molecule has 5 heteroatoms. The molecular weight excluding hydrogens is 253 g/mol. The van der Waals surface area contributed by atoms with Crippen LogP contribution in [0.4, 0.5) is 0 Å². The fraction of sp³-hybridized carbons (Fsp3) is 1.00. The Balaban J connectivity index is 3.84. The van der Waals surface area contributed by atoms with Gasteiger partial charge in [-0.25, -0.2) is 0 Å². The van der Waals surface area contributed by atoms with E-state index in [1.807, 2.05) is 7.05 Å². The van der Waals surface area contributed by atoms with Gasteiger partial charge < -0.3 is 0 Å². The topological polar surface area (TPSA) is 39.7 Å². The molecule has 0 spiro atoms. The molecule has 0 heterocycles. The van der Waals surface area contributed by atoms with E-state index in [-0.39, 0.29) is 0 Å². The second-order valence-corrected chi connectivity index (χ2v) is 11.0. The maximum atomic E-state index is 5.26. The van der Waals surface area contributed by atoms with Gasteiger partial charge >= 0.3 is 73.5 Å². The number of rotatable bonds is 6. The third kappa shape index (κ3) is 3.70. The van der Waals surface area contributed by atoms with E-state index in [2.05, 4.69) is 5.32 Å². The molecule has 0 aliphatic rings. The van der Waals surface area contributed by atoms with Gasteiger partial charge in [-0.15, -0.1) is 0 Å². The minimum absolute atomic E-state index is 0.870. The maximum absolute atomic E-state index is 5.26. The first-order chi connectivity index (χ1) is 5.24. The molecule has 0 aromatic rings. The van der Waals surface area contributed by atoms with Gasteiger partial charge in [-0.05, 0) is 0 Å². The van der Waals surface area contributed by atoms with Gasteiger partial charge in [0.2, 0.25) is 0 Å². The van der Waals surface area contributed by atoms with E-state index >= 15 is 0 Å². The Kier molecular flexibility index (Phi) is 6.55. The molecule has 0 bridgehead atoms. The molecule has 68 valence electrons. The SMILES string of the molecule is CNC[CH2][Sn]([O]C)([O]C)[O]C. The zero-order valence-corrected chi connectivity index (χ0v) is 10.5. The number of hydrogen-bond acceptors (Lipinski definition) is 4. The van der Waals surface area contributed by atoms with Crippen LogP contribution in [0.25, 0.3) is 0 Å². The van der Waals surface area contributed by atoms with E-state index in [0.29, 0.717) is 0 Å². The van der Waals surface area contributed by atoms with Crippen molar-refractivity contribution in [1.29, 1.82) is 0 Å². The van der Waals surface area contributed by atoms with Crippen LogP contribution in [0.5, 0.6) is 0 Å². The predicted molar refractivity (Wildman–Crippen MR) is 45.5 cm³/mol. The molecule has 0 radical (unpaired) electrons. The van der Waals surface area contributed by atoms with Crippen LogP contribution < -0.4 is 5.32 Å². The molecule has 0 aromatic carbocycles. The summed E-state index contributed by atoms with van der Waals surface area (Å²) in [6, 6.07) is 0. The van der Waals surface area contributed by atoms with Crippen molar-refractivity contribution in [2.75, 3.05) is 34.9 Å². The quantitative estimate of drug-likeness (QED) is 0.694. The number of nitrogens with one attached hydrogen (secondary N) is 1. The van der Waals surface area contributed by atoms with Gasteiger partial charge in [-0.2, -0.15) is 0 Å². The van der Waals surface area contributed by atoms with Crippen LogP contribution in [0, 0.1) is 0 Å². The zero-order valence-electron chi connectivity index (χ0n) is 7.64. The summed E-state index contributed by atoms with van der Waals surface area (Å²) in [7, 11) is 6.85. The first-order valence-electron chi connectivity index (χ1n) is 3.54. The summed E-state index contributed by atoms with van der Waals surface area (Å²) < 4.78 is 16.7. The van der Waals surface area contributed by atoms with Crippen LogP contribution in [0.2, 0.25) is 4.44 Å². The Hall–Kier alpha value is 0.639. The van der Waals surface area contributed by atoms with Gasteiger partial charge in [-0.1, -0.05) is 0 Å². The number of hydrogen-bond donors (Lipinski definition) is 1. The van der Waals surface area contributed by atoms with Gasteiger partial charge in [0, 0.05) is 0 Å². The zero-order chi connectivity index (χ0) is 8.74.